The highest BCUT2D eigenvalue weighted by molar-refractivity contribution is 7.19. The lowest BCUT2D eigenvalue weighted by Crippen LogP contribution is -2.25. The minimum absolute atomic E-state index is 0.115. The molecule has 0 bridgehead atoms. The number of nitrogens with zero attached hydrogens (tertiary/aromatic N) is 4. The molecule has 0 saturated heterocycles. The summed E-state index contributed by atoms with van der Waals surface area (Å²) in [5.41, 5.74) is 2.63. The fraction of sp³-hybridized carbons (Fsp3) is 0.227. The average Bonchev–Trinajstić information content (AvgIpc) is 3.17. The van der Waals surface area contributed by atoms with Crippen molar-refractivity contribution in [3.63, 3.8) is 0 Å². The minimum Gasteiger partial charge on any atom is -0.481 e. The number of anilines is 1. The first-order chi connectivity index (χ1) is 15.0. The summed E-state index contributed by atoms with van der Waals surface area (Å²) < 4.78 is 5.89. The Morgan fingerprint density at radius 2 is 2.03 bits per heavy atom. The van der Waals surface area contributed by atoms with Gasteiger partial charge < -0.3 is 15.4 Å². The molecule has 0 aliphatic rings. The van der Waals surface area contributed by atoms with Crippen molar-refractivity contribution in [1.29, 1.82) is 0 Å². The highest BCUT2D eigenvalue weighted by Gasteiger charge is 2.18. The quantitative estimate of drug-likeness (QED) is 0.455. The molecule has 1 amide bonds. The number of hydrogen-bond acceptors (Lipinski definition) is 8. The lowest BCUT2D eigenvalue weighted by molar-refractivity contribution is 0.0947. The van der Waals surface area contributed by atoms with Gasteiger partial charge in [0.05, 0.1) is 41.3 Å². The van der Waals surface area contributed by atoms with Crippen LogP contribution in [0.1, 0.15) is 39.7 Å². The summed E-state index contributed by atoms with van der Waals surface area (Å²) in [6, 6.07) is 13.0. The standard InChI is InChI=1S/C22H22N6O2S/c1-13-11-17-20(31-13)19(21(29)24-12-15-7-6-9-18(26-15)30-3)28-22(27-17)25-14(2)16-8-4-5-10-23-16/h4-11,14H,12H2,1-3H3,(H,24,29)(H,25,27,28). The van der Waals surface area contributed by atoms with Crippen molar-refractivity contribution >= 4 is 33.4 Å². The van der Waals surface area contributed by atoms with Crippen LogP contribution in [-0.2, 0) is 6.54 Å². The fourth-order valence-electron chi connectivity index (χ4n) is 3.09. The van der Waals surface area contributed by atoms with Crippen molar-refractivity contribution in [1.82, 2.24) is 25.3 Å². The van der Waals surface area contributed by atoms with Gasteiger partial charge in [-0.2, -0.15) is 0 Å². The molecule has 9 heteroatoms. The number of carbonyl (C=O) groups excluding carboxylic acids is 1. The molecule has 4 rings (SSSR count). The lowest BCUT2D eigenvalue weighted by atomic mass is 10.2. The number of aryl methyl sites for hydroxylation is 1. The van der Waals surface area contributed by atoms with Crippen LogP contribution in [0.3, 0.4) is 0 Å². The van der Waals surface area contributed by atoms with Gasteiger partial charge >= 0.3 is 0 Å². The van der Waals surface area contributed by atoms with Crippen LogP contribution in [0, 0.1) is 6.92 Å². The molecule has 0 saturated carbocycles. The van der Waals surface area contributed by atoms with Crippen molar-refractivity contribution in [3.8, 4) is 5.88 Å². The molecule has 0 aliphatic heterocycles. The molecule has 0 radical (unpaired) electrons. The topological polar surface area (TPSA) is 102 Å². The van der Waals surface area contributed by atoms with Crippen LogP contribution in [0.15, 0.2) is 48.7 Å². The summed E-state index contributed by atoms with van der Waals surface area (Å²) >= 11 is 1.50. The van der Waals surface area contributed by atoms with Gasteiger partial charge in [-0.3, -0.25) is 9.78 Å². The van der Waals surface area contributed by atoms with Crippen LogP contribution in [0.2, 0.25) is 0 Å². The van der Waals surface area contributed by atoms with Crippen molar-refractivity contribution < 1.29 is 9.53 Å². The first kappa shape index (κ1) is 20.7. The molecule has 4 aromatic heterocycles. The fourth-order valence-corrected chi connectivity index (χ4v) is 4.03. The van der Waals surface area contributed by atoms with E-state index in [1.54, 1.807) is 19.4 Å². The second kappa shape index (κ2) is 9.05. The minimum atomic E-state index is -0.285. The van der Waals surface area contributed by atoms with E-state index < -0.39 is 0 Å². The molecular weight excluding hydrogens is 412 g/mol. The number of amides is 1. The van der Waals surface area contributed by atoms with E-state index in [1.165, 1.54) is 11.3 Å². The maximum Gasteiger partial charge on any atom is 0.271 e. The molecule has 0 aromatic carbocycles. The third-order valence-electron chi connectivity index (χ3n) is 4.61. The number of methoxy groups -OCH3 is 1. The molecular formula is C22H22N6O2S. The predicted octanol–water partition coefficient (Wildman–Crippen LogP) is 3.90. The zero-order valence-electron chi connectivity index (χ0n) is 17.4. The van der Waals surface area contributed by atoms with Gasteiger partial charge in [0.15, 0.2) is 5.69 Å². The molecule has 158 valence electrons. The van der Waals surface area contributed by atoms with E-state index in [-0.39, 0.29) is 18.5 Å². The van der Waals surface area contributed by atoms with E-state index in [4.69, 9.17) is 4.74 Å². The van der Waals surface area contributed by atoms with Crippen LogP contribution >= 0.6 is 11.3 Å². The molecule has 0 fully saturated rings. The highest BCUT2D eigenvalue weighted by Crippen LogP contribution is 2.28. The number of hydrogen-bond donors (Lipinski definition) is 2. The number of aromatic nitrogens is 4. The Hall–Kier alpha value is -3.59. The molecule has 8 nitrogen and oxygen atoms in total. The van der Waals surface area contributed by atoms with Gasteiger partial charge in [0.1, 0.15) is 0 Å². The number of carbonyl (C=O) groups is 1. The Balaban J connectivity index is 1.59. The van der Waals surface area contributed by atoms with E-state index >= 15 is 0 Å². The largest absolute Gasteiger partial charge is 0.481 e. The Labute approximate surface area is 183 Å². The van der Waals surface area contributed by atoms with E-state index in [0.29, 0.717) is 23.2 Å². The third-order valence-corrected chi connectivity index (χ3v) is 5.65. The van der Waals surface area contributed by atoms with Crippen molar-refractivity contribution in [2.24, 2.45) is 0 Å². The molecule has 0 spiro atoms. The predicted molar refractivity (Wildman–Crippen MR) is 120 cm³/mol. The van der Waals surface area contributed by atoms with Crippen LogP contribution in [0.5, 0.6) is 5.88 Å². The van der Waals surface area contributed by atoms with E-state index in [2.05, 4.69) is 30.6 Å². The maximum absolute atomic E-state index is 13.0. The maximum atomic E-state index is 13.0. The second-order valence-electron chi connectivity index (χ2n) is 6.94. The molecule has 1 unspecified atom stereocenters. The zero-order valence-corrected chi connectivity index (χ0v) is 18.2. The number of thiophene rings is 1. The molecule has 2 N–H and O–H groups in total. The van der Waals surface area contributed by atoms with Crippen molar-refractivity contribution in [3.05, 3.63) is 70.6 Å². The van der Waals surface area contributed by atoms with Crippen LogP contribution < -0.4 is 15.4 Å². The Kier molecular flexibility index (Phi) is 6.03. The summed E-state index contributed by atoms with van der Waals surface area (Å²) in [6.45, 7) is 4.22. The van der Waals surface area contributed by atoms with Gasteiger partial charge in [0.2, 0.25) is 11.8 Å². The zero-order chi connectivity index (χ0) is 21.8. The van der Waals surface area contributed by atoms with E-state index in [9.17, 15) is 4.79 Å². The second-order valence-corrected chi connectivity index (χ2v) is 8.20. The van der Waals surface area contributed by atoms with Crippen molar-refractivity contribution in [2.45, 2.75) is 26.4 Å². The summed E-state index contributed by atoms with van der Waals surface area (Å²) in [6.07, 6.45) is 1.74. The number of pyridine rings is 2. The number of nitrogens with one attached hydrogen (secondary N) is 2. The first-order valence-electron chi connectivity index (χ1n) is 9.77. The normalized spacial score (nSPS) is 11.8. The highest BCUT2D eigenvalue weighted by atomic mass is 32.1. The smallest absolute Gasteiger partial charge is 0.271 e. The van der Waals surface area contributed by atoms with Gasteiger partial charge in [-0.25, -0.2) is 15.0 Å². The van der Waals surface area contributed by atoms with Gasteiger partial charge in [-0.1, -0.05) is 12.1 Å². The van der Waals surface area contributed by atoms with Gasteiger partial charge in [0, 0.05) is 17.1 Å². The summed E-state index contributed by atoms with van der Waals surface area (Å²) in [5.74, 6) is 0.598. The Morgan fingerprint density at radius 1 is 1.16 bits per heavy atom. The first-order valence-corrected chi connectivity index (χ1v) is 10.6. The molecule has 31 heavy (non-hydrogen) atoms. The summed E-state index contributed by atoms with van der Waals surface area (Å²) in [5, 5.41) is 6.15. The summed E-state index contributed by atoms with van der Waals surface area (Å²) in [4.78, 5) is 31.9. The van der Waals surface area contributed by atoms with Crippen LogP contribution in [-0.4, -0.2) is 33.0 Å². The number of rotatable bonds is 7. The molecule has 0 aliphatic carbocycles. The van der Waals surface area contributed by atoms with Gasteiger partial charge in [0.25, 0.3) is 5.91 Å². The number of fused-ring (bicyclic) bond motifs is 1. The van der Waals surface area contributed by atoms with E-state index in [0.717, 1.165) is 20.8 Å². The lowest BCUT2D eigenvalue weighted by Gasteiger charge is -2.14. The van der Waals surface area contributed by atoms with Gasteiger partial charge in [-0.05, 0) is 38.1 Å². The third kappa shape index (κ3) is 4.77. The van der Waals surface area contributed by atoms with Crippen molar-refractivity contribution in [2.75, 3.05) is 12.4 Å². The average molecular weight is 435 g/mol. The SMILES string of the molecule is COc1cccc(CNC(=O)c2nc(NC(C)c3ccccn3)nc3cc(C)sc23)n1. The molecule has 1 atom stereocenters. The molecule has 4 aromatic rings. The Bertz CT molecular complexity index is 1210. The van der Waals surface area contributed by atoms with Crippen LogP contribution in [0.25, 0.3) is 10.2 Å². The number of ether oxygens (including phenoxy) is 1. The van der Waals surface area contributed by atoms with Crippen LogP contribution in [0.4, 0.5) is 5.95 Å². The molecule has 4 heterocycles. The summed E-state index contributed by atoms with van der Waals surface area (Å²) in [7, 11) is 1.56. The monoisotopic (exact) mass is 434 g/mol. The van der Waals surface area contributed by atoms with E-state index in [1.807, 2.05) is 50.2 Å². The Morgan fingerprint density at radius 3 is 2.81 bits per heavy atom. The van der Waals surface area contributed by atoms with Gasteiger partial charge in [-0.15, -0.1) is 11.3 Å².